The monoisotopic (exact) mass is 287 g/mol. The lowest BCUT2D eigenvalue weighted by Crippen LogP contribution is -2.45. The fourth-order valence-electron chi connectivity index (χ4n) is 3.49. The molecule has 2 aromatic rings. The summed E-state index contributed by atoms with van der Waals surface area (Å²) in [5.41, 5.74) is 2.61. The number of aromatic nitrogens is 2. The lowest BCUT2D eigenvalue weighted by Gasteiger charge is -2.41. The number of fused-ring (bicyclic) bond motifs is 4. The zero-order chi connectivity index (χ0) is 14.4. The van der Waals surface area contributed by atoms with Crippen molar-refractivity contribution >= 4 is 0 Å². The van der Waals surface area contributed by atoms with Crippen LogP contribution >= 0.6 is 0 Å². The van der Waals surface area contributed by atoms with E-state index >= 15 is 0 Å². The summed E-state index contributed by atoms with van der Waals surface area (Å²) in [4.78, 5) is 0. The van der Waals surface area contributed by atoms with Crippen molar-refractivity contribution in [2.24, 2.45) is 0 Å². The molecule has 1 N–H and O–H groups in total. The lowest BCUT2D eigenvalue weighted by atomic mass is 9.81. The summed E-state index contributed by atoms with van der Waals surface area (Å²) in [5.74, 6) is 0.523. The average molecular weight is 287 g/mol. The van der Waals surface area contributed by atoms with Crippen LogP contribution < -0.4 is 10.1 Å². The number of piperidine rings is 1. The van der Waals surface area contributed by atoms with Crippen molar-refractivity contribution in [2.45, 2.75) is 31.9 Å². The predicted octanol–water partition coefficient (Wildman–Crippen LogP) is 2.68. The van der Waals surface area contributed by atoms with Gasteiger partial charge in [-0.05, 0) is 38.2 Å². The van der Waals surface area contributed by atoms with Crippen molar-refractivity contribution < 1.29 is 9.13 Å². The van der Waals surface area contributed by atoms with Gasteiger partial charge in [-0.15, -0.1) is 0 Å². The van der Waals surface area contributed by atoms with E-state index in [-0.39, 0.29) is 11.4 Å². The molecule has 2 aliphatic heterocycles. The van der Waals surface area contributed by atoms with Crippen LogP contribution in [0.4, 0.5) is 4.39 Å². The van der Waals surface area contributed by atoms with Crippen LogP contribution in [-0.4, -0.2) is 22.9 Å². The third kappa shape index (κ3) is 1.80. The van der Waals surface area contributed by atoms with Crippen LogP contribution in [0.25, 0.3) is 11.3 Å². The summed E-state index contributed by atoms with van der Waals surface area (Å²) in [6, 6.07) is 4.76. The van der Waals surface area contributed by atoms with Gasteiger partial charge in [-0.3, -0.25) is 4.68 Å². The lowest BCUT2D eigenvalue weighted by molar-refractivity contribution is 0.0305. The third-order valence-electron chi connectivity index (χ3n) is 4.54. The minimum atomic E-state index is -0.321. The Morgan fingerprint density at radius 2 is 2.19 bits per heavy atom. The second kappa shape index (κ2) is 4.56. The summed E-state index contributed by atoms with van der Waals surface area (Å²) in [6.07, 6.45) is 3.72. The molecule has 0 saturated carbocycles. The smallest absolute Gasteiger partial charge is 0.140 e. The first kappa shape index (κ1) is 12.8. The van der Waals surface area contributed by atoms with Gasteiger partial charge in [0.15, 0.2) is 0 Å². The number of ether oxygens (including phenoxy) is 1. The van der Waals surface area contributed by atoms with Crippen LogP contribution in [0.3, 0.4) is 0 Å². The average Bonchev–Trinajstić information content (AvgIpc) is 2.95. The molecule has 0 aliphatic carbocycles. The number of hydrogen-bond acceptors (Lipinski definition) is 3. The maximum absolute atomic E-state index is 13.7. The molecule has 110 valence electrons. The molecule has 5 heteroatoms. The Morgan fingerprint density at radius 1 is 1.38 bits per heavy atom. The van der Waals surface area contributed by atoms with Gasteiger partial charge in [-0.25, -0.2) is 4.39 Å². The number of nitrogens with one attached hydrogen (secondary N) is 1. The molecule has 0 unspecified atom stereocenters. The third-order valence-corrected chi connectivity index (χ3v) is 4.54. The SMILES string of the molecule is CCn1ncc2c1-c1cc(F)ccc1OC21CCNCC1. The Hall–Kier alpha value is -1.88. The molecule has 2 aliphatic rings. The second-order valence-corrected chi connectivity index (χ2v) is 5.71. The van der Waals surface area contributed by atoms with Gasteiger partial charge in [0.1, 0.15) is 17.2 Å². The molecule has 21 heavy (non-hydrogen) atoms. The molecular weight excluding hydrogens is 269 g/mol. The van der Waals surface area contributed by atoms with Gasteiger partial charge in [0.25, 0.3) is 0 Å². The summed E-state index contributed by atoms with van der Waals surface area (Å²) in [6.45, 7) is 4.66. The molecule has 4 rings (SSSR count). The Morgan fingerprint density at radius 3 is 2.95 bits per heavy atom. The first-order valence-corrected chi connectivity index (χ1v) is 7.49. The maximum Gasteiger partial charge on any atom is 0.140 e. The summed E-state index contributed by atoms with van der Waals surface area (Å²) >= 11 is 0. The number of aryl methyl sites for hydroxylation is 1. The highest BCUT2D eigenvalue weighted by Crippen LogP contribution is 2.48. The fourth-order valence-corrected chi connectivity index (χ4v) is 3.49. The molecule has 4 nitrogen and oxygen atoms in total. The molecule has 0 radical (unpaired) electrons. The maximum atomic E-state index is 13.7. The second-order valence-electron chi connectivity index (χ2n) is 5.71. The quantitative estimate of drug-likeness (QED) is 0.876. The Labute approximate surface area is 122 Å². The van der Waals surface area contributed by atoms with E-state index in [9.17, 15) is 4.39 Å². The number of nitrogens with zero attached hydrogens (tertiary/aromatic N) is 2. The van der Waals surface area contributed by atoms with E-state index in [1.807, 2.05) is 10.9 Å². The van der Waals surface area contributed by atoms with E-state index in [2.05, 4.69) is 17.3 Å². The van der Waals surface area contributed by atoms with Crippen molar-refractivity contribution in [1.82, 2.24) is 15.1 Å². The van der Waals surface area contributed by atoms with Gasteiger partial charge in [0.2, 0.25) is 0 Å². The Bertz CT molecular complexity index is 689. The molecule has 0 bridgehead atoms. The first-order chi connectivity index (χ1) is 10.2. The van der Waals surface area contributed by atoms with Crippen molar-refractivity contribution in [3.8, 4) is 17.0 Å². The zero-order valence-electron chi connectivity index (χ0n) is 12.0. The molecule has 3 heterocycles. The minimum absolute atomic E-state index is 0.242. The molecule has 0 atom stereocenters. The number of halogens is 1. The van der Waals surface area contributed by atoms with E-state index in [4.69, 9.17) is 4.74 Å². The first-order valence-electron chi connectivity index (χ1n) is 7.49. The van der Waals surface area contributed by atoms with Crippen LogP contribution in [0.2, 0.25) is 0 Å². The standard InChI is InChI=1S/C16H18FN3O/c1-2-20-15-12-9-11(17)3-4-14(12)21-16(13(15)10-19-20)5-7-18-8-6-16/h3-4,9-10,18H,2,5-8H2,1H3. The van der Waals surface area contributed by atoms with Gasteiger partial charge >= 0.3 is 0 Å². The Balaban J connectivity index is 1.95. The highest BCUT2D eigenvalue weighted by molar-refractivity contribution is 5.73. The molecular formula is C16H18FN3O. The van der Waals surface area contributed by atoms with Crippen LogP contribution in [0, 0.1) is 5.82 Å². The van der Waals surface area contributed by atoms with E-state index in [1.54, 1.807) is 12.1 Å². The highest BCUT2D eigenvalue weighted by atomic mass is 19.1. The molecule has 1 saturated heterocycles. The minimum Gasteiger partial charge on any atom is -0.482 e. The van der Waals surface area contributed by atoms with Crippen LogP contribution in [0.5, 0.6) is 5.75 Å². The van der Waals surface area contributed by atoms with Crippen LogP contribution in [0.15, 0.2) is 24.4 Å². The van der Waals surface area contributed by atoms with E-state index in [1.165, 1.54) is 6.07 Å². The van der Waals surface area contributed by atoms with Crippen molar-refractivity contribution in [3.63, 3.8) is 0 Å². The Kier molecular flexibility index (Phi) is 2.79. The van der Waals surface area contributed by atoms with E-state index in [0.29, 0.717) is 0 Å². The number of hydrogen-bond donors (Lipinski definition) is 1. The topological polar surface area (TPSA) is 39.1 Å². The largest absolute Gasteiger partial charge is 0.482 e. The number of rotatable bonds is 1. The van der Waals surface area contributed by atoms with E-state index in [0.717, 1.165) is 55.0 Å². The van der Waals surface area contributed by atoms with E-state index < -0.39 is 0 Å². The van der Waals surface area contributed by atoms with Crippen molar-refractivity contribution in [1.29, 1.82) is 0 Å². The predicted molar refractivity (Wildman–Crippen MR) is 77.7 cm³/mol. The molecule has 1 fully saturated rings. The highest BCUT2D eigenvalue weighted by Gasteiger charge is 2.44. The molecule has 1 aromatic heterocycles. The van der Waals surface area contributed by atoms with Crippen molar-refractivity contribution in [3.05, 3.63) is 35.8 Å². The molecule has 0 amide bonds. The fraction of sp³-hybridized carbons (Fsp3) is 0.438. The zero-order valence-corrected chi connectivity index (χ0v) is 12.0. The van der Waals surface area contributed by atoms with Gasteiger partial charge in [0, 0.05) is 30.5 Å². The molecule has 1 spiro atoms. The summed E-state index contributed by atoms with van der Waals surface area (Å²) < 4.78 is 22.0. The summed E-state index contributed by atoms with van der Waals surface area (Å²) in [7, 11) is 0. The summed E-state index contributed by atoms with van der Waals surface area (Å²) in [5, 5.41) is 7.86. The van der Waals surface area contributed by atoms with Gasteiger partial charge in [-0.2, -0.15) is 5.10 Å². The normalized spacial score (nSPS) is 19.0. The van der Waals surface area contributed by atoms with Crippen LogP contribution in [0.1, 0.15) is 25.3 Å². The molecule has 1 aromatic carbocycles. The van der Waals surface area contributed by atoms with Gasteiger partial charge in [0.05, 0.1) is 11.9 Å². The van der Waals surface area contributed by atoms with Crippen LogP contribution in [-0.2, 0) is 12.1 Å². The van der Waals surface area contributed by atoms with Gasteiger partial charge in [-0.1, -0.05) is 0 Å². The number of benzene rings is 1. The van der Waals surface area contributed by atoms with Gasteiger partial charge < -0.3 is 10.1 Å². The van der Waals surface area contributed by atoms with Crippen molar-refractivity contribution in [2.75, 3.05) is 13.1 Å².